The molecule has 26 heavy (non-hydrogen) atoms. The number of carbonyl (C=O) groups excluding carboxylic acids is 1. The number of benzene rings is 3. The van der Waals surface area contributed by atoms with Crippen LogP contribution in [0.1, 0.15) is 10.8 Å². The molecule has 3 rings (SSSR count). The minimum Gasteiger partial charge on any atom is -0.325 e. The predicted molar refractivity (Wildman–Crippen MR) is 109 cm³/mol. The van der Waals surface area contributed by atoms with Gasteiger partial charge in [-0.1, -0.05) is 54.6 Å². The molecule has 2 atom stereocenters. The Morgan fingerprint density at radius 1 is 0.923 bits per heavy atom. The molecule has 0 radical (unpaired) electrons. The van der Waals surface area contributed by atoms with Crippen LogP contribution in [-0.4, -0.2) is 16.4 Å². The van der Waals surface area contributed by atoms with Gasteiger partial charge < -0.3 is 5.32 Å². The zero-order valence-corrected chi connectivity index (χ0v) is 15.9. The number of anilines is 1. The Hall–Kier alpha value is -2.37. The lowest BCUT2D eigenvalue weighted by atomic mass is 10.1. The molecule has 0 bridgehead atoms. The summed E-state index contributed by atoms with van der Waals surface area (Å²) in [6.45, 7) is 0. The van der Waals surface area contributed by atoms with Crippen LogP contribution in [-0.2, 0) is 15.6 Å². The number of thioether (sulfide) groups is 1. The summed E-state index contributed by atoms with van der Waals surface area (Å²) >= 11 is 1.51. The Morgan fingerprint density at radius 2 is 1.58 bits per heavy atom. The van der Waals surface area contributed by atoms with E-state index in [0.717, 1.165) is 10.5 Å². The van der Waals surface area contributed by atoms with Crippen molar-refractivity contribution in [3.8, 4) is 0 Å². The molecule has 3 aromatic carbocycles. The minimum atomic E-state index is -1.09. The van der Waals surface area contributed by atoms with Crippen molar-refractivity contribution in [2.24, 2.45) is 0 Å². The molecule has 0 fully saturated rings. The van der Waals surface area contributed by atoms with Crippen molar-refractivity contribution < 1.29 is 9.00 Å². The van der Waals surface area contributed by atoms with E-state index < -0.39 is 10.8 Å². The number of nitrogens with one attached hydrogen (secondary N) is 1. The first-order valence-corrected chi connectivity index (χ1v) is 10.6. The van der Waals surface area contributed by atoms with Crippen LogP contribution in [0.25, 0.3) is 0 Å². The van der Waals surface area contributed by atoms with E-state index in [9.17, 15) is 9.00 Å². The molecule has 2 unspecified atom stereocenters. The molecule has 5 heteroatoms. The van der Waals surface area contributed by atoms with E-state index in [0.29, 0.717) is 10.6 Å². The summed E-state index contributed by atoms with van der Waals surface area (Å²) in [7, 11) is -1.09. The first-order valence-electron chi connectivity index (χ1n) is 8.14. The van der Waals surface area contributed by atoms with E-state index >= 15 is 0 Å². The molecule has 1 N–H and O–H groups in total. The summed E-state index contributed by atoms with van der Waals surface area (Å²) in [5.74, 6) is -0.107. The van der Waals surface area contributed by atoms with Gasteiger partial charge in [-0.15, -0.1) is 11.8 Å². The van der Waals surface area contributed by atoms with Gasteiger partial charge in [-0.3, -0.25) is 9.00 Å². The smallest absolute Gasteiger partial charge is 0.242 e. The summed E-state index contributed by atoms with van der Waals surface area (Å²) in [5.41, 5.74) is 1.59. The Kier molecular flexibility index (Phi) is 6.26. The van der Waals surface area contributed by atoms with Crippen molar-refractivity contribution in [3.63, 3.8) is 0 Å². The standard InChI is InChI=1S/C21H19NO2S2/c1-26(24)19-14-8-11-17(15-19)22-21(23)20(16-9-4-2-5-10-16)25-18-12-6-3-7-13-18/h2-15,20H,1H3,(H,22,23). The van der Waals surface area contributed by atoms with Crippen molar-refractivity contribution >= 4 is 34.2 Å². The fraction of sp³-hybridized carbons (Fsp3) is 0.0952. The summed E-state index contributed by atoms with van der Waals surface area (Å²) in [6, 6.07) is 26.7. The summed E-state index contributed by atoms with van der Waals surface area (Å²) < 4.78 is 11.7. The predicted octanol–water partition coefficient (Wildman–Crippen LogP) is 4.90. The van der Waals surface area contributed by atoms with Gasteiger partial charge in [0.1, 0.15) is 5.25 Å². The van der Waals surface area contributed by atoms with Crippen molar-refractivity contribution in [2.45, 2.75) is 15.0 Å². The first-order chi connectivity index (χ1) is 12.6. The van der Waals surface area contributed by atoms with Crippen LogP contribution in [0.5, 0.6) is 0 Å². The Bertz CT molecular complexity index is 898. The Labute approximate surface area is 160 Å². The van der Waals surface area contributed by atoms with Gasteiger partial charge in [0.25, 0.3) is 0 Å². The average molecular weight is 382 g/mol. The molecule has 3 nitrogen and oxygen atoms in total. The van der Waals surface area contributed by atoms with E-state index in [1.807, 2.05) is 66.7 Å². The molecule has 0 spiro atoms. The van der Waals surface area contributed by atoms with Crippen molar-refractivity contribution in [2.75, 3.05) is 11.6 Å². The fourth-order valence-electron chi connectivity index (χ4n) is 2.50. The first kappa shape index (κ1) is 18.4. The molecule has 0 saturated carbocycles. The van der Waals surface area contributed by atoms with Crippen molar-refractivity contribution in [1.29, 1.82) is 0 Å². The number of rotatable bonds is 6. The lowest BCUT2D eigenvalue weighted by Crippen LogP contribution is -2.19. The number of hydrogen-bond acceptors (Lipinski definition) is 3. The molecule has 0 aliphatic heterocycles. The van der Waals surface area contributed by atoms with Crippen LogP contribution in [0, 0.1) is 0 Å². The Morgan fingerprint density at radius 3 is 2.23 bits per heavy atom. The second-order valence-electron chi connectivity index (χ2n) is 5.69. The lowest BCUT2D eigenvalue weighted by molar-refractivity contribution is -0.115. The van der Waals surface area contributed by atoms with Crippen LogP contribution in [0.3, 0.4) is 0 Å². The van der Waals surface area contributed by atoms with Gasteiger partial charge in [0.05, 0.1) is 0 Å². The number of hydrogen-bond donors (Lipinski definition) is 1. The summed E-state index contributed by atoms with van der Waals surface area (Å²) in [5, 5.41) is 2.58. The van der Waals surface area contributed by atoms with Gasteiger partial charge in [-0.25, -0.2) is 0 Å². The van der Waals surface area contributed by atoms with E-state index in [4.69, 9.17) is 0 Å². The van der Waals surface area contributed by atoms with E-state index in [1.54, 1.807) is 24.5 Å². The molecule has 0 aromatic heterocycles. The van der Waals surface area contributed by atoms with Crippen LogP contribution >= 0.6 is 11.8 Å². The highest BCUT2D eigenvalue weighted by molar-refractivity contribution is 8.00. The third kappa shape index (κ3) is 4.84. The molecule has 1 amide bonds. The Balaban J connectivity index is 1.85. The van der Waals surface area contributed by atoms with Crippen LogP contribution in [0.4, 0.5) is 5.69 Å². The van der Waals surface area contributed by atoms with Crippen molar-refractivity contribution in [1.82, 2.24) is 0 Å². The largest absolute Gasteiger partial charge is 0.325 e. The SMILES string of the molecule is CS(=O)c1cccc(NC(=O)C(Sc2ccccc2)c2ccccc2)c1. The molecule has 0 heterocycles. The third-order valence-electron chi connectivity index (χ3n) is 3.77. The van der Waals surface area contributed by atoms with Gasteiger partial charge in [0, 0.05) is 32.5 Å². The van der Waals surface area contributed by atoms with Gasteiger partial charge in [0.2, 0.25) is 5.91 Å². The zero-order valence-electron chi connectivity index (χ0n) is 14.3. The van der Waals surface area contributed by atoms with Gasteiger partial charge >= 0.3 is 0 Å². The van der Waals surface area contributed by atoms with Crippen LogP contribution < -0.4 is 5.32 Å². The normalized spacial score (nSPS) is 13.0. The van der Waals surface area contributed by atoms with E-state index in [-0.39, 0.29) is 11.2 Å². The fourth-order valence-corrected chi connectivity index (χ4v) is 4.11. The molecule has 132 valence electrons. The molecule has 0 aliphatic rings. The maximum atomic E-state index is 13.0. The summed E-state index contributed by atoms with van der Waals surface area (Å²) in [6.07, 6.45) is 1.62. The van der Waals surface area contributed by atoms with Crippen molar-refractivity contribution in [3.05, 3.63) is 90.5 Å². The highest BCUT2D eigenvalue weighted by atomic mass is 32.2. The zero-order chi connectivity index (χ0) is 18.4. The maximum Gasteiger partial charge on any atom is 0.242 e. The summed E-state index contributed by atoms with van der Waals surface area (Å²) in [4.78, 5) is 14.7. The van der Waals surface area contributed by atoms with Crippen LogP contribution in [0.2, 0.25) is 0 Å². The topological polar surface area (TPSA) is 46.2 Å². The second-order valence-corrected chi connectivity index (χ2v) is 8.25. The second kappa shape index (κ2) is 8.83. The minimum absolute atomic E-state index is 0.107. The van der Waals surface area contributed by atoms with E-state index in [1.165, 1.54) is 11.8 Å². The van der Waals surface area contributed by atoms with Gasteiger partial charge in [0.15, 0.2) is 0 Å². The maximum absolute atomic E-state index is 13.0. The monoisotopic (exact) mass is 381 g/mol. The lowest BCUT2D eigenvalue weighted by Gasteiger charge is -2.17. The van der Waals surface area contributed by atoms with E-state index in [2.05, 4.69) is 5.32 Å². The quantitative estimate of drug-likeness (QED) is 0.618. The molecule has 0 saturated heterocycles. The number of amides is 1. The molecule has 0 aliphatic carbocycles. The van der Waals surface area contributed by atoms with Gasteiger partial charge in [-0.2, -0.15) is 0 Å². The highest BCUT2D eigenvalue weighted by Crippen LogP contribution is 2.36. The molecule has 3 aromatic rings. The highest BCUT2D eigenvalue weighted by Gasteiger charge is 2.22. The van der Waals surface area contributed by atoms with Crippen LogP contribution in [0.15, 0.2) is 94.7 Å². The van der Waals surface area contributed by atoms with Gasteiger partial charge in [-0.05, 0) is 35.9 Å². The number of carbonyl (C=O) groups is 1. The third-order valence-corrected chi connectivity index (χ3v) is 5.96. The molecular formula is C21H19NO2S2. The molecular weight excluding hydrogens is 362 g/mol. The average Bonchev–Trinajstić information content (AvgIpc) is 2.67.